The van der Waals surface area contributed by atoms with E-state index in [9.17, 15) is 4.79 Å². The van der Waals surface area contributed by atoms with E-state index in [0.717, 1.165) is 11.1 Å². The van der Waals surface area contributed by atoms with E-state index < -0.39 is 0 Å². The second kappa shape index (κ2) is 9.08. The Hall–Kier alpha value is -4.20. The number of rotatable bonds is 7. The summed E-state index contributed by atoms with van der Waals surface area (Å²) in [6.07, 6.45) is 3.70. The minimum Gasteiger partial charge on any atom is -0.493 e. The molecule has 4 rings (SSSR count). The van der Waals surface area contributed by atoms with Crippen molar-refractivity contribution in [2.45, 2.75) is 6.42 Å². The zero-order valence-electron chi connectivity index (χ0n) is 17.0. The molecule has 1 amide bonds. The minimum atomic E-state index is -0.314. The van der Waals surface area contributed by atoms with E-state index in [4.69, 9.17) is 14.0 Å². The second-order valence-electron chi connectivity index (χ2n) is 6.58. The molecule has 2 aromatic carbocycles. The Kier molecular flexibility index (Phi) is 5.89. The molecule has 2 aromatic heterocycles. The van der Waals surface area contributed by atoms with Gasteiger partial charge in [-0.3, -0.25) is 9.78 Å². The highest BCUT2D eigenvalue weighted by Gasteiger charge is 2.18. The molecule has 0 radical (unpaired) electrons. The summed E-state index contributed by atoms with van der Waals surface area (Å²) in [6.45, 7) is 0. The van der Waals surface area contributed by atoms with E-state index in [1.54, 1.807) is 30.6 Å². The summed E-state index contributed by atoms with van der Waals surface area (Å²) >= 11 is 0. The topological polar surface area (TPSA) is 99.4 Å². The molecule has 0 saturated carbocycles. The van der Waals surface area contributed by atoms with E-state index in [0.29, 0.717) is 40.9 Å². The Balaban J connectivity index is 1.56. The molecular formula is C23H20N4O4. The monoisotopic (exact) mass is 416 g/mol. The predicted octanol–water partition coefficient (Wildman–Crippen LogP) is 3.99. The average Bonchev–Trinajstić information content (AvgIpc) is 3.28. The maximum atomic E-state index is 13.0. The van der Waals surface area contributed by atoms with E-state index >= 15 is 0 Å². The van der Waals surface area contributed by atoms with Gasteiger partial charge in [0.2, 0.25) is 11.7 Å². The Labute approximate surface area is 178 Å². The first-order valence-corrected chi connectivity index (χ1v) is 9.53. The molecule has 31 heavy (non-hydrogen) atoms. The smallest absolute Gasteiger partial charge is 0.259 e. The van der Waals surface area contributed by atoms with Gasteiger partial charge in [-0.15, -0.1) is 0 Å². The first-order valence-electron chi connectivity index (χ1n) is 9.53. The van der Waals surface area contributed by atoms with Crippen LogP contribution in [-0.2, 0) is 6.42 Å². The van der Waals surface area contributed by atoms with Crippen LogP contribution in [0.1, 0.15) is 21.8 Å². The number of nitrogens with one attached hydrogen (secondary N) is 1. The molecule has 0 saturated heterocycles. The summed E-state index contributed by atoms with van der Waals surface area (Å²) in [4.78, 5) is 21.4. The van der Waals surface area contributed by atoms with Crippen molar-refractivity contribution in [2.75, 3.05) is 19.5 Å². The molecule has 156 valence electrons. The molecule has 0 aliphatic rings. The Morgan fingerprint density at radius 3 is 2.58 bits per heavy atom. The molecule has 4 aromatic rings. The summed E-state index contributed by atoms with van der Waals surface area (Å²) < 4.78 is 16.1. The number of aromatic nitrogens is 3. The van der Waals surface area contributed by atoms with Crippen LogP contribution in [0.15, 0.2) is 71.5 Å². The third-order valence-corrected chi connectivity index (χ3v) is 4.66. The van der Waals surface area contributed by atoms with Crippen molar-refractivity contribution in [1.82, 2.24) is 15.1 Å². The maximum absolute atomic E-state index is 13.0. The number of nitrogens with zero attached hydrogens (tertiary/aromatic N) is 3. The van der Waals surface area contributed by atoms with Crippen LogP contribution in [0.2, 0.25) is 0 Å². The van der Waals surface area contributed by atoms with Gasteiger partial charge in [-0.25, -0.2) is 0 Å². The van der Waals surface area contributed by atoms with Crippen molar-refractivity contribution >= 4 is 11.6 Å². The van der Waals surface area contributed by atoms with Gasteiger partial charge < -0.3 is 19.3 Å². The van der Waals surface area contributed by atoms with Crippen LogP contribution < -0.4 is 14.8 Å². The lowest BCUT2D eigenvalue weighted by Crippen LogP contribution is -2.15. The molecule has 0 fully saturated rings. The molecule has 0 spiro atoms. The Morgan fingerprint density at radius 2 is 1.81 bits per heavy atom. The lowest BCUT2D eigenvalue weighted by atomic mass is 10.1. The number of anilines is 1. The highest BCUT2D eigenvalue weighted by molar-refractivity contribution is 6.07. The molecule has 1 N–H and O–H groups in total. The number of pyridine rings is 1. The number of carbonyl (C=O) groups is 1. The van der Waals surface area contributed by atoms with Crippen molar-refractivity contribution in [3.63, 3.8) is 0 Å². The zero-order chi connectivity index (χ0) is 21.6. The number of hydrogen-bond donors (Lipinski definition) is 1. The van der Waals surface area contributed by atoms with Gasteiger partial charge in [-0.05, 0) is 35.9 Å². The van der Waals surface area contributed by atoms with Gasteiger partial charge in [0.1, 0.15) is 0 Å². The molecule has 2 heterocycles. The molecule has 0 aliphatic heterocycles. The molecule has 0 atom stereocenters. The fourth-order valence-electron chi connectivity index (χ4n) is 3.16. The maximum Gasteiger partial charge on any atom is 0.259 e. The first-order chi connectivity index (χ1) is 15.2. The largest absolute Gasteiger partial charge is 0.493 e. The first kappa shape index (κ1) is 20.1. The SMILES string of the molecule is COc1cccc(C(=O)Nc2ccccc2Cc2nc(-c3ccncc3)no2)c1OC. The molecule has 0 aliphatic carbocycles. The number of hydrogen-bond acceptors (Lipinski definition) is 7. The van der Waals surface area contributed by atoms with Crippen molar-refractivity contribution in [2.24, 2.45) is 0 Å². The molecule has 0 unspecified atom stereocenters. The zero-order valence-corrected chi connectivity index (χ0v) is 17.0. The van der Waals surface area contributed by atoms with Crippen LogP contribution in [0.25, 0.3) is 11.4 Å². The standard InChI is InChI=1S/C23H20N4O4/c1-29-19-9-5-7-17(21(19)30-2)23(28)25-18-8-4-3-6-16(18)14-20-26-22(27-31-20)15-10-12-24-13-11-15/h3-13H,14H2,1-2H3,(H,25,28). The van der Waals surface area contributed by atoms with E-state index in [1.807, 2.05) is 36.4 Å². The van der Waals surface area contributed by atoms with Crippen molar-refractivity contribution in [3.05, 3.63) is 84.0 Å². The fraction of sp³-hybridized carbons (Fsp3) is 0.130. The third kappa shape index (κ3) is 4.37. The van der Waals surface area contributed by atoms with Gasteiger partial charge in [-0.1, -0.05) is 29.4 Å². The lowest BCUT2D eigenvalue weighted by molar-refractivity contribution is 0.102. The van der Waals surface area contributed by atoms with Gasteiger partial charge in [0.25, 0.3) is 5.91 Å². The number of amides is 1. The summed E-state index contributed by atoms with van der Waals surface area (Å²) in [5, 5.41) is 6.97. The molecule has 0 bridgehead atoms. The second-order valence-corrected chi connectivity index (χ2v) is 6.58. The average molecular weight is 416 g/mol. The molecule has 8 heteroatoms. The van der Waals surface area contributed by atoms with Crippen LogP contribution in [0.5, 0.6) is 11.5 Å². The Bertz CT molecular complexity index is 1190. The summed E-state index contributed by atoms with van der Waals surface area (Å²) in [7, 11) is 3.03. The normalized spacial score (nSPS) is 10.5. The van der Waals surface area contributed by atoms with Gasteiger partial charge >= 0.3 is 0 Å². The van der Waals surface area contributed by atoms with Crippen molar-refractivity contribution < 1.29 is 18.8 Å². The predicted molar refractivity (Wildman–Crippen MR) is 114 cm³/mol. The summed E-state index contributed by atoms with van der Waals surface area (Å²) in [5.74, 6) is 1.47. The number of carbonyl (C=O) groups excluding carboxylic acids is 1. The Morgan fingerprint density at radius 1 is 1.00 bits per heavy atom. The van der Waals surface area contributed by atoms with Crippen LogP contribution in [0.3, 0.4) is 0 Å². The number of benzene rings is 2. The summed E-state index contributed by atoms with van der Waals surface area (Å²) in [6, 6.07) is 16.2. The number of ether oxygens (including phenoxy) is 2. The van der Waals surface area contributed by atoms with Crippen LogP contribution in [0.4, 0.5) is 5.69 Å². The molecule has 8 nitrogen and oxygen atoms in total. The quantitative estimate of drug-likeness (QED) is 0.486. The van der Waals surface area contributed by atoms with E-state index in [2.05, 4.69) is 20.4 Å². The van der Waals surface area contributed by atoms with Gasteiger partial charge in [0, 0.05) is 23.6 Å². The number of methoxy groups -OCH3 is 2. The van der Waals surface area contributed by atoms with Gasteiger partial charge in [-0.2, -0.15) is 4.98 Å². The van der Waals surface area contributed by atoms with Crippen LogP contribution in [0, 0.1) is 0 Å². The van der Waals surface area contributed by atoms with E-state index in [-0.39, 0.29) is 5.91 Å². The van der Waals surface area contributed by atoms with Crippen molar-refractivity contribution in [3.8, 4) is 22.9 Å². The minimum absolute atomic E-state index is 0.314. The number of para-hydroxylation sites is 2. The van der Waals surface area contributed by atoms with Crippen molar-refractivity contribution in [1.29, 1.82) is 0 Å². The van der Waals surface area contributed by atoms with Crippen LogP contribution in [-0.4, -0.2) is 35.3 Å². The highest BCUT2D eigenvalue weighted by atomic mass is 16.5. The van der Waals surface area contributed by atoms with E-state index in [1.165, 1.54) is 14.2 Å². The fourth-order valence-corrected chi connectivity index (χ4v) is 3.16. The van der Waals surface area contributed by atoms with Gasteiger partial charge in [0.15, 0.2) is 11.5 Å². The summed E-state index contributed by atoms with van der Waals surface area (Å²) in [5.41, 5.74) is 2.66. The third-order valence-electron chi connectivity index (χ3n) is 4.66. The molecular weight excluding hydrogens is 396 g/mol. The van der Waals surface area contributed by atoms with Gasteiger partial charge in [0.05, 0.1) is 26.2 Å². The van der Waals surface area contributed by atoms with Crippen LogP contribution >= 0.6 is 0 Å². The highest BCUT2D eigenvalue weighted by Crippen LogP contribution is 2.31. The lowest BCUT2D eigenvalue weighted by Gasteiger charge is -2.14.